The summed E-state index contributed by atoms with van der Waals surface area (Å²) < 4.78 is 5.38. The second-order valence-corrected chi connectivity index (χ2v) is 8.71. The maximum absolute atomic E-state index is 13.0. The van der Waals surface area contributed by atoms with Crippen molar-refractivity contribution in [3.63, 3.8) is 0 Å². The summed E-state index contributed by atoms with van der Waals surface area (Å²) in [4.78, 5) is 38.2. The Labute approximate surface area is 204 Å². The lowest BCUT2D eigenvalue weighted by atomic mass is 9.97. The number of benzene rings is 2. The molecule has 1 heterocycles. The van der Waals surface area contributed by atoms with Gasteiger partial charge >= 0.3 is 11.9 Å². The number of amides is 1. The van der Waals surface area contributed by atoms with Gasteiger partial charge in [-0.25, -0.2) is 4.79 Å². The Hall–Kier alpha value is -3.53. The lowest BCUT2D eigenvalue weighted by Gasteiger charge is -2.29. The van der Waals surface area contributed by atoms with Crippen LogP contribution in [0.1, 0.15) is 47.4 Å². The molecule has 9 heteroatoms. The maximum atomic E-state index is 13.0. The van der Waals surface area contributed by atoms with Crippen LogP contribution in [0, 0.1) is 5.92 Å². The van der Waals surface area contributed by atoms with Crippen molar-refractivity contribution >= 4 is 23.9 Å². The minimum Gasteiger partial charge on any atom is -0.480 e. The van der Waals surface area contributed by atoms with Crippen LogP contribution >= 0.6 is 0 Å². The smallest absolute Gasteiger partial charge is 0.343 e. The molecule has 0 saturated carbocycles. The van der Waals surface area contributed by atoms with Crippen molar-refractivity contribution in [2.75, 3.05) is 26.2 Å². The van der Waals surface area contributed by atoms with Crippen molar-refractivity contribution in [1.82, 2.24) is 10.2 Å². The fraction of sp³-hybridized carbons (Fsp3) is 0.346. The van der Waals surface area contributed by atoms with Crippen LogP contribution in [0.2, 0.25) is 0 Å². The monoisotopic (exact) mass is 480 g/mol. The predicted octanol–water partition coefficient (Wildman–Crippen LogP) is 2.14. The number of nitrogens with two attached hydrogens (primary N) is 2. The first-order chi connectivity index (χ1) is 16.7. The first kappa shape index (κ1) is 26.1. The van der Waals surface area contributed by atoms with Gasteiger partial charge < -0.3 is 31.5 Å². The molecule has 1 fully saturated rings. The van der Waals surface area contributed by atoms with E-state index in [0.29, 0.717) is 29.0 Å². The van der Waals surface area contributed by atoms with Gasteiger partial charge in [-0.05, 0) is 80.2 Å². The van der Waals surface area contributed by atoms with Crippen LogP contribution < -0.4 is 21.5 Å². The Kier molecular flexibility index (Phi) is 9.13. The summed E-state index contributed by atoms with van der Waals surface area (Å²) in [6, 6.07) is 13.3. The Balaban J connectivity index is 1.64. The van der Waals surface area contributed by atoms with Gasteiger partial charge in [-0.2, -0.15) is 0 Å². The topological polar surface area (TPSA) is 148 Å². The minimum atomic E-state index is -1.04. The number of carboxylic acid groups (broad SMARTS) is 1. The summed E-state index contributed by atoms with van der Waals surface area (Å²) in [5, 5.41) is 12.6. The Morgan fingerprint density at radius 3 is 2.29 bits per heavy atom. The van der Waals surface area contributed by atoms with Gasteiger partial charge in [0.1, 0.15) is 12.3 Å². The second-order valence-electron chi connectivity index (χ2n) is 8.71. The zero-order chi connectivity index (χ0) is 25.4. The zero-order valence-corrected chi connectivity index (χ0v) is 19.8. The number of aliphatic carboxylic acids is 1. The van der Waals surface area contributed by atoms with Crippen molar-refractivity contribution < 1.29 is 24.2 Å². The largest absolute Gasteiger partial charge is 0.480 e. The fourth-order valence-electron chi connectivity index (χ4n) is 3.96. The summed E-state index contributed by atoms with van der Waals surface area (Å²) in [5.41, 5.74) is 13.4. The molecule has 9 nitrogen and oxygen atoms in total. The molecule has 2 aromatic rings. The summed E-state index contributed by atoms with van der Waals surface area (Å²) >= 11 is 0. The van der Waals surface area contributed by atoms with Gasteiger partial charge in [0.2, 0.25) is 5.91 Å². The minimum absolute atomic E-state index is 0.279. The van der Waals surface area contributed by atoms with Crippen LogP contribution in [-0.2, 0) is 9.59 Å². The van der Waals surface area contributed by atoms with Gasteiger partial charge in [0.25, 0.3) is 0 Å². The van der Waals surface area contributed by atoms with Crippen molar-refractivity contribution in [2.45, 2.75) is 25.9 Å². The highest BCUT2D eigenvalue weighted by molar-refractivity contribution is 5.98. The van der Waals surface area contributed by atoms with Crippen LogP contribution in [0.25, 0.3) is 6.08 Å². The van der Waals surface area contributed by atoms with Gasteiger partial charge in [-0.1, -0.05) is 24.3 Å². The maximum Gasteiger partial charge on any atom is 0.343 e. The van der Waals surface area contributed by atoms with E-state index in [1.807, 2.05) is 0 Å². The molecule has 1 amide bonds. The van der Waals surface area contributed by atoms with Gasteiger partial charge in [0.05, 0.1) is 11.7 Å². The number of carbonyl (C=O) groups is 3. The molecular weight excluding hydrogens is 448 g/mol. The second kappa shape index (κ2) is 12.3. The molecule has 0 radical (unpaired) electrons. The summed E-state index contributed by atoms with van der Waals surface area (Å²) in [6.45, 7) is 3.49. The normalized spacial score (nSPS) is 14.6. The molecule has 0 unspecified atom stereocenters. The highest BCUT2D eigenvalue weighted by Crippen LogP contribution is 2.18. The summed E-state index contributed by atoms with van der Waals surface area (Å²) in [5.74, 6) is -1.22. The van der Waals surface area contributed by atoms with E-state index in [0.717, 1.165) is 31.5 Å². The number of nitrogens with zero attached hydrogens (tertiary/aromatic N) is 1. The van der Waals surface area contributed by atoms with Crippen molar-refractivity contribution in [3.05, 3.63) is 70.8 Å². The molecular formula is C26H32N4O5. The first-order valence-electron chi connectivity index (χ1n) is 11.6. The third-order valence-electron chi connectivity index (χ3n) is 5.89. The molecule has 0 aromatic heterocycles. The number of hydrogen-bond acceptors (Lipinski definition) is 7. The molecule has 1 aliphatic rings. The quantitative estimate of drug-likeness (QED) is 0.185. The highest BCUT2D eigenvalue weighted by Gasteiger charge is 2.23. The van der Waals surface area contributed by atoms with Crippen LogP contribution in [0.5, 0.6) is 5.75 Å². The van der Waals surface area contributed by atoms with E-state index in [-0.39, 0.29) is 18.4 Å². The van der Waals surface area contributed by atoms with Crippen molar-refractivity contribution in [2.24, 2.45) is 17.4 Å². The molecule has 0 spiro atoms. The van der Waals surface area contributed by atoms with E-state index in [2.05, 4.69) is 5.32 Å². The molecule has 6 N–H and O–H groups in total. The molecule has 35 heavy (non-hydrogen) atoms. The number of ether oxygens (including phenoxy) is 1. The highest BCUT2D eigenvalue weighted by atomic mass is 16.5. The van der Waals surface area contributed by atoms with Crippen molar-refractivity contribution in [1.29, 1.82) is 0 Å². The summed E-state index contributed by atoms with van der Waals surface area (Å²) in [7, 11) is 0. The standard InChI is InChI=1S/C26H32N4O5/c1-17(25(33)30(16-23(31)32)15-19-10-12-29-13-11-19)14-18-2-4-21(5-3-18)26(34)35-22-8-6-20(7-9-22)24(27)28/h2-9,14,19,24,29H,10-13,15-16,27-28H2,1H3,(H,31,32)/b17-14+. The zero-order valence-electron chi connectivity index (χ0n) is 19.8. The number of carbonyl (C=O) groups excluding carboxylic acids is 2. The third-order valence-corrected chi connectivity index (χ3v) is 5.89. The lowest BCUT2D eigenvalue weighted by molar-refractivity contribution is -0.143. The molecule has 1 aliphatic heterocycles. The molecule has 2 aromatic carbocycles. The lowest BCUT2D eigenvalue weighted by Crippen LogP contribution is -2.42. The van der Waals surface area contributed by atoms with Crippen LogP contribution in [0.15, 0.2) is 54.1 Å². The Morgan fingerprint density at radius 1 is 1.09 bits per heavy atom. The molecule has 3 rings (SSSR count). The van der Waals surface area contributed by atoms with E-state index in [4.69, 9.17) is 16.2 Å². The summed E-state index contributed by atoms with van der Waals surface area (Å²) in [6.07, 6.45) is 2.91. The SMILES string of the molecule is C/C(=C\c1ccc(C(=O)Oc2ccc(C(N)N)cc2)cc1)C(=O)N(CC(=O)O)CC1CCNCC1. The average Bonchev–Trinajstić information content (AvgIpc) is 2.84. The number of carboxylic acids is 1. The average molecular weight is 481 g/mol. The van der Waals surface area contributed by atoms with Gasteiger partial charge in [-0.3, -0.25) is 9.59 Å². The number of esters is 1. The van der Waals surface area contributed by atoms with E-state index in [1.54, 1.807) is 61.5 Å². The van der Waals surface area contributed by atoms with Gasteiger partial charge in [0, 0.05) is 12.1 Å². The van der Waals surface area contributed by atoms with Crippen LogP contribution in [0.4, 0.5) is 0 Å². The fourth-order valence-corrected chi connectivity index (χ4v) is 3.96. The van der Waals surface area contributed by atoms with Gasteiger partial charge in [0.15, 0.2) is 0 Å². The van der Waals surface area contributed by atoms with Gasteiger partial charge in [-0.15, -0.1) is 0 Å². The number of piperidine rings is 1. The number of rotatable bonds is 9. The number of hydrogen-bond donors (Lipinski definition) is 4. The van der Waals surface area contributed by atoms with E-state index >= 15 is 0 Å². The molecule has 0 atom stereocenters. The first-order valence-corrected chi connectivity index (χ1v) is 11.6. The van der Waals surface area contributed by atoms with Crippen LogP contribution in [-0.4, -0.2) is 54.0 Å². The van der Waals surface area contributed by atoms with E-state index in [1.165, 1.54) is 4.90 Å². The molecule has 0 bridgehead atoms. The molecule has 0 aliphatic carbocycles. The van der Waals surface area contributed by atoms with Crippen LogP contribution in [0.3, 0.4) is 0 Å². The molecule has 1 saturated heterocycles. The third kappa shape index (κ3) is 7.74. The Morgan fingerprint density at radius 2 is 1.71 bits per heavy atom. The van der Waals surface area contributed by atoms with E-state index in [9.17, 15) is 19.5 Å². The van der Waals surface area contributed by atoms with Crippen molar-refractivity contribution in [3.8, 4) is 5.75 Å². The molecule has 186 valence electrons. The Bertz CT molecular complexity index is 1060. The number of nitrogens with one attached hydrogen (secondary N) is 1. The predicted molar refractivity (Wildman–Crippen MR) is 132 cm³/mol. The van der Waals surface area contributed by atoms with E-state index < -0.39 is 18.1 Å².